The zero-order valence-electron chi connectivity index (χ0n) is 17.4. The van der Waals surface area contributed by atoms with Crippen molar-refractivity contribution in [1.82, 2.24) is 14.5 Å². The van der Waals surface area contributed by atoms with Crippen LogP contribution in [-0.2, 0) is 35.3 Å². The van der Waals surface area contributed by atoms with E-state index < -0.39 is 17.7 Å². The van der Waals surface area contributed by atoms with Gasteiger partial charge < -0.3 is 9.30 Å². The zero-order valence-corrected chi connectivity index (χ0v) is 18.3. The lowest BCUT2D eigenvalue weighted by molar-refractivity contribution is -0.144. The smallest absolute Gasteiger partial charge is 0.416 e. The van der Waals surface area contributed by atoms with Crippen LogP contribution in [0.25, 0.3) is 21.6 Å². The summed E-state index contributed by atoms with van der Waals surface area (Å²) in [4.78, 5) is 21.9. The van der Waals surface area contributed by atoms with E-state index in [9.17, 15) is 18.0 Å². The number of carbonyl (C=O) groups is 1. The van der Waals surface area contributed by atoms with Gasteiger partial charge in [0.25, 0.3) is 0 Å². The standard InChI is InChI=1S/C23H20F3N3O2S/c1-3-29-13-27-18-10-15(4-9-19(18)29)12-31-21(30)11-20-14(2)28-22(32-20)16-5-7-17(8-6-16)23(24,25)26/h4-10,13H,3,11-12H2,1-2H3. The summed E-state index contributed by atoms with van der Waals surface area (Å²) in [5, 5.41) is 0.566. The van der Waals surface area contributed by atoms with Gasteiger partial charge in [-0.1, -0.05) is 18.2 Å². The van der Waals surface area contributed by atoms with E-state index in [-0.39, 0.29) is 13.0 Å². The number of carbonyl (C=O) groups excluding carboxylic acids is 1. The van der Waals surface area contributed by atoms with E-state index in [1.807, 2.05) is 29.7 Å². The summed E-state index contributed by atoms with van der Waals surface area (Å²) < 4.78 is 45.7. The molecule has 0 fully saturated rings. The SMILES string of the molecule is CCn1cnc2cc(COC(=O)Cc3sc(-c4ccc(C(F)(F)F)cc4)nc3C)ccc21. The zero-order chi connectivity index (χ0) is 22.9. The molecular weight excluding hydrogens is 439 g/mol. The molecule has 2 aromatic heterocycles. The van der Waals surface area contributed by atoms with Crippen LogP contribution in [-0.4, -0.2) is 20.5 Å². The lowest BCUT2D eigenvalue weighted by atomic mass is 10.1. The lowest BCUT2D eigenvalue weighted by Gasteiger charge is -2.06. The molecule has 0 spiro atoms. The van der Waals surface area contributed by atoms with Crippen molar-refractivity contribution < 1.29 is 22.7 Å². The van der Waals surface area contributed by atoms with E-state index in [1.54, 1.807) is 13.3 Å². The Morgan fingerprint density at radius 2 is 1.91 bits per heavy atom. The number of alkyl halides is 3. The highest BCUT2D eigenvalue weighted by atomic mass is 32.1. The van der Waals surface area contributed by atoms with Gasteiger partial charge in [-0.2, -0.15) is 13.2 Å². The van der Waals surface area contributed by atoms with Gasteiger partial charge in [-0.15, -0.1) is 11.3 Å². The second-order valence-corrected chi connectivity index (χ2v) is 8.38. The Morgan fingerprint density at radius 3 is 2.59 bits per heavy atom. The summed E-state index contributed by atoms with van der Waals surface area (Å²) in [6.07, 6.45) is -2.55. The molecule has 0 unspecified atom stereocenters. The molecule has 0 saturated carbocycles. The number of imidazole rings is 1. The Hall–Kier alpha value is -3.20. The van der Waals surface area contributed by atoms with E-state index in [0.29, 0.717) is 16.3 Å². The summed E-state index contributed by atoms with van der Waals surface area (Å²) in [7, 11) is 0. The first kappa shape index (κ1) is 22.0. The van der Waals surface area contributed by atoms with Gasteiger partial charge in [0.1, 0.15) is 11.6 Å². The van der Waals surface area contributed by atoms with Crippen molar-refractivity contribution >= 4 is 28.3 Å². The van der Waals surface area contributed by atoms with Crippen molar-refractivity contribution in [3.8, 4) is 10.6 Å². The number of nitrogens with zero attached hydrogens (tertiary/aromatic N) is 3. The average molecular weight is 459 g/mol. The molecule has 0 N–H and O–H groups in total. The van der Waals surface area contributed by atoms with Crippen molar-refractivity contribution in [3.05, 3.63) is 70.5 Å². The molecular formula is C23H20F3N3O2S. The minimum Gasteiger partial charge on any atom is -0.461 e. The number of rotatable bonds is 6. The normalized spacial score (nSPS) is 11.8. The fourth-order valence-corrected chi connectivity index (χ4v) is 4.37. The quantitative estimate of drug-likeness (QED) is 0.342. The number of thiazole rings is 1. The van der Waals surface area contributed by atoms with Gasteiger partial charge in [0.05, 0.1) is 35.0 Å². The summed E-state index contributed by atoms with van der Waals surface area (Å²) in [5.74, 6) is -0.394. The van der Waals surface area contributed by atoms with Crippen LogP contribution in [0.3, 0.4) is 0 Å². The van der Waals surface area contributed by atoms with Crippen molar-refractivity contribution in [1.29, 1.82) is 0 Å². The molecule has 0 bridgehead atoms. The van der Waals surface area contributed by atoms with E-state index >= 15 is 0 Å². The van der Waals surface area contributed by atoms with Crippen LogP contribution in [0.2, 0.25) is 0 Å². The average Bonchev–Trinajstić information content (AvgIpc) is 3.34. The minimum absolute atomic E-state index is 0.0524. The summed E-state index contributed by atoms with van der Waals surface area (Å²) in [6.45, 7) is 4.77. The van der Waals surface area contributed by atoms with Crippen LogP contribution in [0.5, 0.6) is 0 Å². The highest BCUT2D eigenvalue weighted by Gasteiger charge is 2.30. The molecule has 0 aliphatic rings. The van der Waals surface area contributed by atoms with Gasteiger partial charge in [-0.3, -0.25) is 4.79 Å². The first-order chi connectivity index (χ1) is 15.2. The van der Waals surface area contributed by atoms with Crippen LogP contribution in [0.1, 0.15) is 28.6 Å². The number of aromatic nitrogens is 3. The molecule has 0 radical (unpaired) electrons. The Labute approximate surface area is 186 Å². The van der Waals surface area contributed by atoms with Crippen LogP contribution >= 0.6 is 11.3 Å². The number of esters is 1. The second-order valence-electron chi connectivity index (χ2n) is 7.29. The highest BCUT2D eigenvalue weighted by Crippen LogP contribution is 2.33. The maximum Gasteiger partial charge on any atom is 0.416 e. The molecule has 2 aromatic carbocycles. The van der Waals surface area contributed by atoms with Gasteiger partial charge in [0.2, 0.25) is 0 Å². The minimum atomic E-state index is -4.38. The third-order valence-corrected chi connectivity index (χ3v) is 6.29. The third-order valence-electron chi connectivity index (χ3n) is 5.08. The van der Waals surface area contributed by atoms with Crippen molar-refractivity contribution in [2.24, 2.45) is 0 Å². The molecule has 0 aliphatic heterocycles. The summed E-state index contributed by atoms with van der Waals surface area (Å²) >= 11 is 1.28. The Bertz CT molecular complexity index is 1260. The third kappa shape index (κ3) is 4.67. The fraction of sp³-hybridized carbons (Fsp3) is 0.261. The number of benzene rings is 2. The molecule has 0 amide bonds. The fourth-order valence-electron chi connectivity index (χ4n) is 3.31. The second kappa shape index (κ2) is 8.74. The molecule has 166 valence electrons. The molecule has 4 rings (SSSR count). The molecule has 9 heteroatoms. The van der Waals surface area contributed by atoms with Crippen molar-refractivity contribution in [2.75, 3.05) is 0 Å². The summed E-state index contributed by atoms with van der Waals surface area (Å²) in [6, 6.07) is 10.6. The Balaban J connectivity index is 1.40. The van der Waals surface area contributed by atoms with Gasteiger partial charge in [-0.05, 0) is 43.7 Å². The van der Waals surface area contributed by atoms with E-state index in [2.05, 4.69) is 9.97 Å². The van der Waals surface area contributed by atoms with Gasteiger partial charge in [0.15, 0.2) is 0 Å². The Morgan fingerprint density at radius 1 is 1.16 bits per heavy atom. The van der Waals surface area contributed by atoms with Gasteiger partial charge >= 0.3 is 12.1 Å². The number of hydrogen-bond acceptors (Lipinski definition) is 5. The number of hydrogen-bond donors (Lipinski definition) is 0. The predicted octanol–water partition coefficient (Wildman–Crippen LogP) is 5.79. The number of halogens is 3. The molecule has 5 nitrogen and oxygen atoms in total. The number of fused-ring (bicyclic) bond motifs is 1. The van der Waals surface area contributed by atoms with Crippen LogP contribution in [0.15, 0.2) is 48.8 Å². The van der Waals surface area contributed by atoms with Crippen LogP contribution in [0.4, 0.5) is 13.2 Å². The van der Waals surface area contributed by atoms with Crippen molar-refractivity contribution in [3.63, 3.8) is 0 Å². The molecule has 2 heterocycles. The van der Waals surface area contributed by atoms with Crippen LogP contribution in [0, 0.1) is 6.92 Å². The largest absolute Gasteiger partial charge is 0.461 e. The molecule has 0 aliphatic carbocycles. The molecule has 32 heavy (non-hydrogen) atoms. The van der Waals surface area contributed by atoms with E-state index in [4.69, 9.17) is 4.74 Å². The summed E-state index contributed by atoms with van der Waals surface area (Å²) in [5.41, 5.74) is 3.24. The topological polar surface area (TPSA) is 57.0 Å². The maximum absolute atomic E-state index is 12.8. The van der Waals surface area contributed by atoms with Gasteiger partial charge in [0, 0.05) is 17.0 Å². The maximum atomic E-state index is 12.8. The molecule has 0 saturated heterocycles. The van der Waals surface area contributed by atoms with Crippen molar-refractivity contribution in [2.45, 2.75) is 39.6 Å². The number of aryl methyl sites for hydroxylation is 2. The Kier molecular flexibility index (Phi) is 6.01. The number of ether oxygens (including phenoxy) is 1. The highest BCUT2D eigenvalue weighted by molar-refractivity contribution is 7.15. The predicted molar refractivity (Wildman–Crippen MR) is 116 cm³/mol. The molecule has 0 atom stereocenters. The first-order valence-electron chi connectivity index (χ1n) is 9.98. The van der Waals surface area contributed by atoms with Crippen LogP contribution < -0.4 is 0 Å². The lowest BCUT2D eigenvalue weighted by Crippen LogP contribution is -2.07. The molecule has 4 aromatic rings. The van der Waals surface area contributed by atoms with Gasteiger partial charge in [-0.25, -0.2) is 9.97 Å². The van der Waals surface area contributed by atoms with E-state index in [1.165, 1.54) is 23.5 Å². The first-order valence-corrected chi connectivity index (χ1v) is 10.8. The monoisotopic (exact) mass is 459 g/mol. The van der Waals surface area contributed by atoms with E-state index in [0.717, 1.165) is 40.2 Å².